The molecule has 6 saturated heterocycles. The van der Waals surface area contributed by atoms with Crippen LogP contribution in [0.15, 0.2) is 30.3 Å². The van der Waals surface area contributed by atoms with Crippen LogP contribution in [-0.2, 0) is 48.8 Å². The van der Waals surface area contributed by atoms with E-state index in [1.807, 2.05) is 40.1 Å². The van der Waals surface area contributed by atoms with Crippen molar-refractivity contribution in [3.8, 4) is 0 Å². The SMILES string of the molecule is COC[C@@]1(COP(=O)(N[C@@H](C)C(=O)OCc2ccccc2)OC[C@]2(COC)C(=O)C3CCN2CC3)C(=O)C2CCN1CC2. The van der Waals surface area contributed by atoms with Crippen molar-refractivity contribution in [1.82, 2.24) is 14.9 Å². The number of hydrogen-bond donors (Lipinski definition) is 1. The molecule has 0 amide bonds. The van der Waals surface area contributed by atoms with E-state index in [1.165, 1.54) is 21.1 Å². The topological polar surface area (TPSA) is 133 Å². The van der Waals surface area contributed by atoms with E-state index in [0.29, 0.717) is 26.2 Å². The van der Waals surface area contributed by atoms with Gasteiger partial charge in [-0.05, 0) is 64.3 Å². The summed E-state index contributed by atoms with van der Waals surface area (Å²) in [5, 5.41) is 2.74. The fraction of sp³-hybridized carbons (Fsp3) is 0.700. The summed E-state index contributed by atoms with van der Waals surface area (Å²) < 4.78 is 43.0. The number of nitrogens with one attached hydrogen (secondary N) is 1. The van der Waals surface area contributed by atoms with Gasteiger partial charge in [-0.25, -0.2) is 9.65 Å². The van der Waals surface area contributed by atoms with Crippen molar-refractivity contribution in [3.63, 3.8) is 0 Å². The molecule has 6 fully saturated rings. The summed E-state index contributed by atoms with van der Waals surface area (Å²) in [5.74, 6) is -0.886. The zero-order valence-electron chi connectivity index (χ0n) is 25.3. The van der Waals surface area contributed by atoms with Gasteiger partial charge in [0, 0.05) is 26.1 Å². The standard InChI is InChI=1S/C30H44N3O9P/c1-22(28(36)40-17-23-7-5-4-6-8-23)31-43(37,41-20-29(18-38-2)26(34)24-9-13-32(29)14-10-24)42-21-30(19-39-3)27(35)25-11-15-33(30)16-12-25/h4-8,22,24-25H,9-21H2,1-3H3,(H,31,37)/t22-,29+,30+/m0/s1. The Morgan fingerprint density at radius 3 is 1.74 bits per heavy atom. The third-order valence-corrected chi connectivity index (χ3v) is 11.1. The molecule has 3 atom stereocenters. The molecule has 0 radical (unpaired) electrons. The number of ketones is 2. The van der Waals surface area contributed by atoms with Crippen LogP contribution >= 0.6 is 7.75 Å². The molecule has 0 aromatic heterocycles. The Morgan fingerprint density at radius 2 is 1.33 bits per heavy atom. The quantitative estimate of drug-likeness (QED) is 0.227. The van der Waals surface area contributed by atoms with Crippen LogP contribution in [0, 0.1) is 11.8 Å². The number of hydrogen-bond acceptors (Lipinski definition) is 11. The van der Waals surface area contributed by atoms with E-state index in [9.17, 15) is 18.9 Å². The molecule has 238 valence electrons. The minimum atomic E-state index is -4.31. The highest BCUT2D eigenvalue weighted by atomic mass is 31.2. The number of benzene rings is 1. The van der Waals surface area contributed by atoms with E-state index in [4.69, 9.17) is 23.3 Å². The lowest BCUT2D eigenvalue weighted by Gasteiger charge is -2.53. The maximum Gasteiger partial charge on any atom is 0.406 e. The van der Waals surface area contributed by atoms with E-state index in [2.05, 4.69) is 5.09 Å². The minimum absolute atomic E-state index is 0.00421. The monoisotopic (exact) mass is 621 g/mol. The van der Waals surface area contributed by atoms with Gasteiger partial charge >= 0.3 is 13.7 Å². The molecule has 0 saturated carbocycles. The zero-order chi connectivity index (χ0) is 30.7. The number of piperidine rings is 6. The average molecular weight is 622 g/mol. The number of ether oxygens (including phenoxy) is 3. The third-order valence-electron chi connectivity index (χ3n) is 9.50. The molecular formula is C30H44N3O9P. The van der Waals surface area contributed by atoms with Crippen molar-refractivity contribution < 1.29 is 42.2 Å². The number of methoxy groups -OCH3 is 2. The van der Waals surface area contributed by atoms with Gasteiger partial charge in [-0.3, -0.25) is 33.2 Å². The van der Waals surface area contributed by atoms with Crippen LogP contribution in [0.4, 0.5) is 0 Å². The minimum Gasteiger partial charge on any atom is -0.460 e. The van der Waals surface area contributed by atoms with Gasteiger partial charge < -0.3 is 14.2 Å². The van der Waals surface area contributed by atoms with Gasteiger partial charge in [0.15, 0.2) is 11.6 Å². The fourth-order valence-corrected chi connectivity index (χ4v) is 8.63. The van der Waals surface area contributed by atoms with Crippen molar-refractivity contribution in [2.75, 3.05) is 66.8 Å². The highest BCUT2D eigenvalue weighted by Crippen LogP contribution is 2.49. The molecule has 6 heterocycles. The lowest BCUT2D eigenvalue weighted by Crippen LogP contribution is -2.69. The Kier molecular flexibility index (Phi) is 10.2. The Bertz CT molecular complexity index is 1140. The van der Waals surface area contributed by atoms with Gasteiger partial charge in [-0.15, -0.1) is 0 Å². The molecule has 13 heteroatoms. The lowest BCUT2D eigenvalue weighted by molar-refractivity contribution is -0.159. The number of Topliss-reactive ketones (excluding diaryl/α,β-unsaturated/α-hetero) is 2. The highest BCUT2D eigenvalue weighted by Gasteiger charge is 2.56. The first-order chi connectivity index (χ1) is 20.7. The van der Waals surface area contributed by atoms with E-state index >= 15 is 0 Å². The highest BCUT2D eigenvalue weighted by molar-refractivity contribution is 7.51. The molecule has 1 aromatic carbocycles. The van der Waals surface area contributed by atoms with E-state index in [0.717, 1.165) is 31.2 Å². The summed E-state index contributed by atoms with van der Waals surface area (Å²) >= 11 is 0. The van der Waals surface area contributed by atoms with Gasteiger partial charge in [-0.1, -0.05) is 30.3 Å². The normalized spacial score (nSPS) is 33.7. The second-order valence-corrected chi connectivity index (χ2v) is 13.9. The molecule has 6 aliphatic heterocycles. The number of esters is 1. The molecule has 7 rings (SSSR count). The number of carbonyl (C=O) groups excluding carboxylic acids is 3. The van der Waals surface area contributed by atoms with E-state index in [1.54, 1.807) is 0 Å². The Labute approximate surface area is 253 Å². The second-order valence-electron chi connectivity index (χ2n) is 12.2. The van der Waals surface area contributed by atoms with Crippen molar-refractivity contribution in [1.29, 1.82) is 0 Å². The molecule has 43 heavy (non-hydrogen) atoms. The van der Waals surface area contributed by atoms with Crippen molar-refractivity contribution in [2.24, 2.45) is 11.8 Å². The lowest BCUT2D eigenvalue weighted by atomic mass is 9.74. The summed E-state index contributed by atoms with van der Waals surface area (Å²) in [4.78, 5) is 44.1. The first-order valence-electron chi connectivity index (χ1n) is 15.1. The molecule has 4 bridgehead atoms. The summed E-state index contributed by atoms with van der Waals surface area (Å²) in [6.07, 6.45) is 3.05. The van der Waals surface area contributed by atoms with Crippen LogP contribution in [-0.4, -0.2) is 111 Å². The Balaban J connectivity index is 1.35. The van der Waals surface area contributed by atoms with Gasteiger partial charge in [0.1, 0.15) is 23.7 Å². The summed E-state index contributed by atoms with van der Waals surface area (Å²) in [6, 6.07) is 8.15. The van der Waals surface area contributed by atoms with Crippen LogP contribution in [0.3, 0.4) is 0 Å². The van der Waals surface area contributed by atoms with E-state index < -0.39 is 30.8 Å². The summed E-state index contributed by atoms with van der Waals surface area (Å²) in [7, 11) is -1.27. The van der Waals surface area contributed by atoms with Crippen LogP contribution in [0.1, 0.15) is 38.2 Å². The largest absolute Gasteiger partial charge is 0.460 e. The molecule has 0 unspecified atom stereocenters. The molecule has 0 spiro atoms. The zero-order valence-corrected chi connectivity index (χ0v) is 26.2. The van der Waals surface area contributed by atoms with Gasteiger partial charge in [0.2, 0.25) is 0 Å². The number of fused-ring (bicyclic) bond motifs is 6. The Morgan fingerprint density at radius 1 is 0.860 bits per heavy atom. The molecular weight excluding hydrogens is 577 g/mol. The first-order valence-corrected chi connectivity index (χ1v) is 16.6. The summed E-state index contributed by atoms with van der Waals surface area (Å²) in [6.45, 7) is 3.97. The maximum absolute atomic E-state index is 14.5. The molecule has 6 aliphatic rings. The van der Waals surface area contributed by atoms with Gasteiger partial charge in [0.05, 0.1) is 26.4 Å². The van der Waals surface area contributed by atoms with Gasteiger partial charge in [-0.2, -0.15) is 0 Å². The fourth-order valence-electron chi connectivity index (χ4n) is 7.06. The van der Waals surface area contributed by atoms with Crippen LogP contribution in [0.2, 0.25) is 0 Å². The van der Waals surface area contributed by atoms with E-state index in [-0.39, 0.29) is 56.4 Å². The Hall–Kier alpha value is -2.02. The first kappa shape index (κ1) is 32.4. The van der Waals surface area contributed by atoms with Crippen molar-refractivity contribution in [3.05, 3.63) is 35.9 Å². The van der Waals surface area contributed by atoms with Gasteiger partial charge in [0.25, 0.3) is 0 Å². The molecule has 0 aliphatic carbocycles. The third kappa shape index (κ3) is 6.53. The second kappa shape index (κ2) is 13.5. The average Bonchev–Trinajstić information content (AvgIpc) is 3.03. The van der Waals surface area contributed by atoms with Crippen LogP contribution < -0.4 is 5.09 Å². The molecule has 1 aromatic rings. The predicted octanol–water partition coefficient (Wildman–Crippen LogP) is 2.21. The molecule has 1 N–H and O–H groups in total. The maximum atomic E-state index is 14.5. The smallest absolute Gasteiger partial charge is 0.406 e. The van der Waals surface area contributed by atoms with Crippen LogP contribution in [0.25, 0.3) is 0 Å². The number of nitrogens with zero attached hydrogens (tertiary/aromatic N) is 2. The predicted molar refractivity (Wildman–Crippen MR) is 156 cm³/mol. The number of rotatable bonds is 15. The molecule has 12 nitrogen and oxygen atoms in total. The summed E-state index contributed by atoms with van der Waals surface area (Å²) in [5.41, 5.74) is -1.44. The van der Waals surface area contributed by atoms with Crippen molar-refractivity contribution >= 4 is 25.3 Å². The van der Waals surface area contributed by atoms with Crippen molar-refractivity contribution in [2.45, 2.75) is 56.3 Å². The number of carbonyl (C=O) groups is 3. The van der Waals surface area contributed by atoms with Crippen LogP contribution in [0.5, 0.6) is 0 Å².